The number of amides is 1. The van der Waals surface area contributed by atoms with Crippen molar-refractivity contribution in [1.29, 1.82) is 0 Å². The summed E-state index contributed by atoms with van der Waals surface area (Å²) in [5.41, 5.74) is 0.459. The average Bonchev–Trinajstić information content (AvgIpc) is 2.63. The zero-order valence-electron chi connectivity index (χ0n) is 8.84. The third kappa shape index (κ3) is 3.59. The Labute approximate surface area is 95.2 Å². The zero-order valence-corrected chi connectivity index (χ0v) is 8.84. The third-order valence-corrected chi connectivity index (χ3v) is 1.83. The Bertz CT molecular complexity index is 452. The topological polar surface area (TPSA) is 130 Å². The van der Waals surface area contributed by atoms with E-state index in [-0.39, 0.29) is 5.76 Å². The van der Waals surface area contributed by atoms with E-state index in [9.17, 15) is 14.4 Å². The van der Waals surface area contributed by atoms with Gasteiger partial charge in [-0.2, -0.15) is 0 Å². The zero-order chi connectivity index (χ0) is 13.0. The van der Waals surface area contributed by atoms with Gasteiger partial charge in [-0.1, -0.05) is 5.16 Å². The predicted molar refractivity (Wildman–Crippen MR) is 52.4 cm³/mol. The monoisotopic (exact) mass is 242 g/mol. The van der Waals surface area contributed by atoms with Crippen LogP contribution in [0.5, 0.6) is 0 Å². The summed E-state index contributed by atoms with van der Waals surface area (Å²) in [6, 6.07) is -0.194. The lowest BCUT2D eigenvalue weighted by Crippen LogP contribution is -2.42. The molecule has 8 nitrogen and oxygen atoms in total. The summed E-state index contributed by atoms with van der Waals surface area (Å²) in [6.07, 6.45) is -0.714. The number of carbonyl (C=O) groups excluding carboxylic acids is 1. The lowest BCUT2D eigenvalue weighted by atomic mass is 10.2. The highest BCUT2D eigenvalue weighted by Gasteiger charge is 2.25. The van der Waals surface area contributed by atoms with Gasteiger partial charge in [0.05, 0.1) is 12.1 Å². The summed E-state index contributed by atoms with van der Waals surface area (Å²) in [5.74, 6) is -3.75. The molecule has 0 aliphatic heterocycles. The summed E-state index contributed by atoms with van der Waals surface area (Å²) in [6.45, 7) is 1.59. The van der Waals surface area contributed by atoms with Crippen molar-refractivity contribution in [2.45, 2.75) is 19.4 Å². The minimum atomic E-state index is -1.51. The molecule has 0 fully saturated rings. The van der Waals surface area contributed by atoms with Crippen LogP contribution in [0.1, 0.15) is 22.7 Å². The molecule has 92 valence electrons. The Morgan fingerprint density at radius 3 is 2.53 bits per heavy atom. The number of carboxylic acids is 2. The highest BCUT2D eigenvalue weighted by Crippen LogP contribution is 2.03. The maximum absolute atomic E-state index is 11.5. The number of nitrogens with zero attached hydrogens (tertiary/aromatic N) is 1. The first-order valence-corrected chi connectivity index (χ1v) is 4.59. The summed E-state index contributed by atoms with van der Waals surface area (Å²) in [5, 5.41) is 22.6. The highest BCUT2D eigenvalue weighted by molar-refractivity contribution is 5.95. The van der Waals surface area contributed by atoms with Crippen molar-refractivity contribution in [3.8, 4) is 0 Å². The molecule has 0 saturated heterocycles. The van der Waals surface area contributed by atoms with Crippen molar-refractivity contribution in [3.05, 3.63) is 17.5 Å². The van der Waals surface area contributed by atoms with E-state index in [0.717, 1.165) is 0 Å². The lowest BCUT2D eigenvalue weighted by Gasteiger charge is -2.10. The van der Waals surface area contributed by atoms with E-state index in [4.69, 9.17) is 10.2 Å². The van der Waals surface area contributed by atoms with Crippen molar-refractivity contribution in [2.24, 2.45) is 0 Å². The number of rotatable bonds is 5. The van der Waals surface area contributed by atoms with E-state index in [2.05, 4.69) is 9.68 Å². The van der Waals surface area contributed by atoms with Gasteiger partial charge in [0, 0.05) is 6.07 Å². The largest absolute Gasteiger partial charge is 0.481 e. The normalized spacial score (nSPS) is 11.8. The SMILES string of the molecule is Cc1cc(C(=O)N[C@H](CC(=O)O)C(=O)O)on1. The smallest absolute Gasteiger partial charge is 0.326 e. The molecule has 0 unspecified atom stereocenters. The van der Waals surface area contributed by atoms with E-state index >= 15 is 0 Å². The van der Waals surface area contributed by atoms with E-state index in [1.165, 1.54) is 6.07 Å². The number of carbonyl (C=O) groups is 3. The Balaban J connectivity index is 2.70. The Kier molecular flexibility index (Phi) is 3.81. The second-order valence-electron chi connectivity index (χ2n) is 3.29. The molecule has 1 rings (SSSR count). The molecule has 1 atom stereocenters. The Hall–Kier alpha value is -2.38. The van der Waals surface area contributed by atoms with Gasteiger partial charge in [-0.25, -0.2) is 4.79 Å². The number of aliphatic carboxylic acids is 2. The summed E-state index contributed by atoms with van der Waals surface area (Å²) in [7, 11) is 0. The molecule has 0 spiro atoms. The van der Waals surface area contributed by atoms with Crippen molar-refractivity contribution in [3.63, 3.8) is 0 Å². The number of hydrogen-bond donors (Lipinski definition) is 3. The van der Waals surface area contributed by atoms with Crippen LogP contribution in [-0.2, 0) is 9.59 Å². The minimum absolute atomic E-state index is 0.167. The van der Waals surface area contributed by atoms with Gasteiger partial charge < -0.3 is 20.1 Å². The van der Waals surface area contributed by atoms with E-state index in [1.54, 1.807) is 6.92 Å². The molecule has 3 N–H and O–H groups in total. The van der Waals surface area contributed by atoms with E-state index < -0.39 is 30.3 Å². The fraction of sp³-hybridized carbons (Fsp3) is 0.333. The van der Waals surface area contributed by atoms with Crippen LogP contribution in [-0.4, -0.2) is 39.3 Å². The Morgan fingerprint density at radius 2 is 2.12 bits per heavy atom. The van der Waals surface area contributed by atoms with E-state index in [0.29, 0.717) is 5.69 Å². The van der Waals surface area contributed by atoms with Gasteiger partial charge in [-0.05, 0) is 6.92 Å². The number of aryl methyl sites for hydroxylation is 1. The molecule has 1 aromatic heterocycles. The van der Waals surface area contributed by atoms with Gasteiger partial charge in [-0.15, -0.1) is 0 Å². The average molecular weight is 242 g/mol. The second kappa shape index (κ2) is 5.10. The van der Waals surface area contributed by atoms with Gasteiger partial charge in [-0.3, -0.25) is 9.59 Å². The van der Waals surface area contributed by atoms with Crippen molar-refractivity contribution in [1.82, 2.24) is 10.5 Å². The van der Waals surface area contributed by atoms with Crippen LogP contribution >= 0.6 is 0 Å². The van der Waals surface area contributed by atoms with Crippen molar-refractivity contribution < 1.29 is 29.1 Å². The van der Waals surface area contributed by atoms with Crippen LogP contribution in [0.25, 0.3) is 0 Å². The standard InChI is InChI=1S/C9H10N2O6/c1-4-2-6(17-11-4)8(14)10-5(9(15)16)3-7(12)13/h2,5H,3H2,1H3,(H,10,14)(H,12,13)(H,15,16)/t5-/m1/s1. The molecule has 1 heterocycles. The maximum Gasteiger partial charge on any atom is 0.326 e. The molecule has 0 aliphatic rings. The van der Waals surface area contributed by atoms with Crippen LogP contribution in [0, 0.1) is 6.92 Å². The fourth-order valence-corrected chi connectivity index (χ4v) is 1.07. The molecule has 0 bridgehead atoms. The van der Waals surface area contributed by atoms with Crippen LogP contribution < -0.4 is 5.32 Å². The second-order valence-corrected chi connectivity index (χ2v) is 3.29. The number of hydrogen-bond acceptors (Lipinski definition) is 5. The quantitative estimate of drug-likeness (QED) is 0.642. The molecular weight excluding hydrogens is 232 g/mol. The van der Waals surface area contributed by atoms with Crippen molar-refractivity contribution >= 4 is 17.8 Å². The van der Waals surface area contributed by atoms with Gasteiger partial charge in [0.2, 0.25) is 5.76 Å². The minimum Gasteiger partial charge on any atom is -0.481 e. The van der Waals surface area contributed by atoms with Crippen molar-refractivity contribution in [2.75, 3.05) is 0 Å². The number of aromatic nitrogens is 1. The van der Waals surface area contributed by atoms with Gasteiger partial charge in [0.15, 0.2) is 0 Å². The molecular formula is C9H10N2O6. The number of nitrogens with one attached hydrogen (secondary N) is 1. The van der Waals surface area contributed by atoms with Crippen LogP contribution in [0.4, 0.5) is 0 Å². The summed E-state index contributed by atoms with van der Waals surface area (Å²) >= 11 is 0. The maximum atomic E-state index is 11.5. The highest BCUT2D eigenvalue weighted by atomic mass is 16.5. The fourth-order valence-electron chi connectivity index (χ4n) is 1.07. The number of carboxylic acid groups (broad SMARTS) is 2. The summed E-state index contributed by atoms with van der Waals surface area (Å²) < 4.78 is 4.61. The summed E-state index contributed by atoms with van der Waals surface area (Å²) in [4.78, 5) is 32.5. The van der Waals surface area contributed by atoms with Gasteiger partial charge >= 0.3 is 11.9 Å². The molecule has 0 aliphatic carbocycles. The molecule has 8 heteroatoms. The van der Waals surface area contributed by atoms with E-state index in [1.807, 2.05) is 5.32 Å². The molecule has 17 heavy (non-hydrogen) atoms. The van der Waals surface area contributed by atoms with Crippen LogP contribution in [0.15, 0.2) is 10.6 Å². The lowest BCUT2D eigenvalue weighted by molar-refractivity contribution is -0.145. The predicted octanol–water partition coefficient (Wildman–Crippen LogP) is -0.359. The van der Waals surface area contributed by atoms with Gasteiger partial charge in [0.25, 0.3) is 5.91 Å². The van der Waals surface area contributed by atoms with Crippen LogP contribution in [0.3, 0.4) is 0 Å². The van der Waals surface area contributed by atoms with Crippen LogP contribution in [0.2, 0.25) is 0 Å². The first-order valence-electron chi connectivity index (χ1n) is 4.59. The molecule has 0 aromatic carbocycles. The van der Waals surface area contributed by atoms with Gasteiger partial charge in [0.1, 0.15) is 6.04 Å². The molecule has 0 saturated carbocycles. The molecule has 1 amide bonds. The first-order chi connectivity index (χ1) is 7.90. The first kappa shape index (κ1) is 12.7. The molecule has 1 aromatic rings. The molecule has 0 radical (unpaired) electrons. The third-order valence-electron chi connectivity index (χ3n) is 1.83. The Morgan fingerprint density at radius 1 is 1.47 bits per heavy atom.